The minimum Gasteiger partial charge on any atom is -0.495 e. The lowest BCUT2D eigenvalue weighted by Gasteiger charge is -2.22. The summed E-state index contributed by atoms with van der Waals surface area (Å²) in [5.41, 5.74) is 2.08. The Hall–Kier alpha value is -2.83. The van der Waals surface area contributed by atoms with Crippen LogP contribution >= 0.6 is 0 Å². The Balaban J connectivity index is 1.55. The first kappa shape index (κ1) is 18.0. The van der Waals surface area contributed by atoms with E-state index in [1.54, 1.807) is 20.4 Å². The zero-order valence-electron chi connectivity index (χ0n) is 15.6. The summed E-state index contributed by atoms with van der Waals surface area (Å²) in [5.74, 6) is 2.47. The number of aryl methyl sites for hydroxylation is 1. The van der Waals surface area contributed by atoms with E-state index >= 15 is 0 Å². The average Bonchev–Trinajstić information content (AvgIpc) is 3.13. The monoisotopic (exact) mass is 354 g/mol. The van der Waals surface area contributed by atoms with Crippen LogP contribution in [-0.2, 0) is 6.54 Å². The number of para-hydroxylation sites is 2. The van der Waals surface area contributed by atoms with Crippen molar-refractivity contribution in [3.63, 3.8) is 0 Å². The summed E-state index contributed by atoms with van der Waals surface area (Å²) in [5, 5.41) is 6.82. The molecule has 0 bridgehead atoms. The van der Waals surface area contributed by atoms with Crippen molar-refractivity contribution < 1.29 is 4.74 Å². The molecule has 1 aliphatic rings. The molecule has 1 aromatic carbocycles. The van der Waals surface area contributed by atoms with Gasteiger partial charge in [0.1, 0.15) is 11.6 Å². The molecule has 1 aromatic heterocycles. The van der Waals surface area contributed by atoms with Crippen molar-refractivity contribution in [2.24, 2.45) is 4.99 Å². The number of nitrogens with zero attached hydrogens (tertiary/aromatic N) is 4. The quantitative estimate of drug-likeness (QED) is 0.629. The molecule has 0 aliphatic carbocycles. The Bertz CT molecular complexity index is 763. The Morgan fingerprint density at radius 2 is 2.19 bits per heavy atom. The highest BCUT2D eigenvalue weighted by atomic mass is 16.5. The van der Waals surface area contributed by atoms with Crippen molar-refractivity contribution in [3.05, 3.63) is 48.0 Å². The molecule has 7 nitrogen and oxygen atoms in total. The van der Waals surface area contributed by atoms with Crippen LogP contribution in [0.1, 0.15) is 17.9 Å². The van der Waals surface area contributed by atoms with Crippen molar-refractivity contribution in [1.29, 1.82) is 0 Å². The first-order chi connectivity index (χ1) is 12.7. The van der Waals surface area contributed by atoms with Gasteiger partial charge in [0.05, 0.1) is 25.0 Å². The van der Waals surface area contributed by atoms with E-state index in [0.29, 0.717) is 12.6 Å². The third kappa shape index (κ3) is 4.41. The smallest absolute Gasteiger partial charge is 0.191 e. The first-order valence-electron chi connectivity index (χ1n) is 8.83. The normalized spacial score (nSPS) is 17.3. The second-order valence-electron chi connectivity index (χ2n) is 6.27. The van der Waals surface area contributed by atoms with E-state index in [9.17, 15) is 0 Å². The van der Waals surface area contributed by atoms with Gasteiger partial charge in [0.25, 0.3) is 0 Å². The van der Waals surface area contributed by atoms with Gasteiger partial charge in [-0.1, -0.05) is 12.1 Å². The van der Waals surface area contributed by atoms with Crippen molar-refractivity contribution in [3.8, 4) is 5.75 Å². The molecule has 7 heteroatoms. The minimum atomic E-state index is 0.332. The van der Waals surface area contributed by atoms with Gasteiger partial charge in [-0.2, -0.15) is 0 Å². The number of ether oxygens (including phenoxy) is 1. The lowest BCUT2D eigenvalue weighted by atomic mass is 10.2. The second kappa shape index (κ2) is 8.51. The van der Waals surface area contributed by atoms with E-state index in [0.717, 1.165) is 48.4 Å². The number of aliphatic imine (C=N–C) groups is 1. The Labute approximate surface area is 154 Å². The summed E-state index contributed by atoms with van der Waals surface area (Å²) in [6.45, 7) is 4.40. The van der Waals surface area contributed by atoms with E-state index in [1.165, 1.54) is 0 Å². The van der Waals surface area contributed by atoms with Crippen LogP contribution < -0.4 is 20.3 Å². The highest BCUT2D eigenvalue weighted by molar-refractivity contribution is 5.80. The van der Waals surface area contributed by atoms with Gasteiger partial charge < -0.3 is 20.3 Å². The Morgan fingerprint density at radius 1 is 1.35 bits per heavy atom. The molecular formula is C19H26N6O. The van der Waals surface area contributed by atoms with Gasteiger partial charge in [-0.3, -0.25) is 4.99 Å². The van der Waals surface area contributed by atoms with E-state index in [-0.39, 0.29) is 0 Å². The molecule has 0 radical (unpaired) electrons. The summed E-state index contributed by atoms with van der Waals surface area (Å²) < 4.78 is 5.48. The highest BCUT2D eigenvalue weighted by Gasteiger charge is 2.25. The predicted octanol–water partition coefficient (Wildman–Crippen LogP) is 1.74. The predicted molar refractivity (Wildman–Crippen MR) is 104 cm³/mol. The molecule has 0 amide bonds. The van der Waals surface area contributed by atoms with Gasteiger partial charge in [-0.25, -0.2) is 9.97 Å². The molecule has 0 saturated carbocycles. The Kier molecular flexibility index (Phi) is 5.88. The molecule has 1 unspecified atom stereocenters. The van der Waals surface area contributed by atoms with E-state index < -0.39 is 0 Å². The van der Waals surface area contributed by atoms with Crippen LogP contribution in [0.25, 0.3) is 0 Å². The van der Waals surface area contributed by atoms with Crippen molar-refractivity contribution in [1.82, 2.24) is 20.6 Å². The van der Waals surface area contributed by atoms with Crippen molar-refractivity contribution >= 4 is 11.6 Å². The molecule has 1 fully saturated rings. The third-order valence-electron chi connectivity index (χ3n) is 4.45. The van der Waals surface area contributed by atoms with Gasteiger partial charge in [-0.15, -0.1) is 0 Å². The number of nitrogens with one attached hydrogen (secondary N) is 2. The summed E-state index contributed by atoms with van der Waals surface area (Å²) >= 11 is 0. The Morgan fingerprint density at radius 3 is 2.96 bits per heavy atom. The maximum atomic E-state index is 5.48. The van der Waals surface area contributed by atoms with Crippen LogP contribution in [0, 0.1) is 6.92 Å². The summed E-state index contributed by atoms with van der Waals surface area (Å²) in [7, 11) is 3.50. The lowest BCUT2D eigenvalue weighted by Crippen LogP contribution is -2.44. The van der Waals surface area contributed by atoms with E-state index in [2.05, 4.69) is 36.6 Å². The third-order valence-corrected chi connectivity index (χ3v) is 4.45. The number of methoxy groups -OCH3 is 1. The average molecular weight is 354 g/mol. The van der Waals surface area contributed by atoms with Gasteiger partial charge >= 0.3 is 0 Å². The van der Waals surface area contributed by atoms with Crippen LogP contribution in [0.2, 0.25) is 0 Å². The number of hydrogen-bond acceptors (Lipinski definition) is 5. The van der Waals surface area contributed by atoms with Crippen LogP contribution in [0.15, 0.2) is 41.5 Å². The molecular weight excluding hydrogens is 328 g/mol. The molecule has 1 aliphatic heterocycles. The fourth-order valence-corrected chi connectivity index (χ4v) is 3.15. The van der Waals surface area contributed by atoms with Crippen LogP contribution in [-0.4, -0.2) is 49.2 Å². The lowest BCUT2D eigenvalue weighted by molar-refractivity contribution is 0.415. The maximum Gasteiger partial charge on any atom is 0.191 e. The molecule has 2 heterocycles. The topological polar surface area (TPSA) is 74.7 Å². The van der Waals surface area contributed by atoms with E-state index in [4.69, 9.17) is 4.74 Å². The molecule has 1 atom stereocenters. The van der Waals surface area contributed by atoms with E-state index in [1.807, 2.05) is 31.2 Å². The number of guanidine groups is 1. The van der Waals surface area contributed by atoms with Gasteiger partial charge in [0.2, 0.25) is 0 Å². The van der Waals surface area contributed by atoms with Crippen LogP contribution in [0.5, 0.6) is 5.75 Å². The first-order valence-corrected chi connectivity index (χ1v) is 8.83. The SMILES string of the molecule is CN=C(NCc1ccnc(C)n1)NC1CCN(c2ccccc2OC)C1. The fourth-order valence-electron chi connectivity index (χ4n) is 3.15. The van der Waals surface area contributed by atoms with Crippen molar-refractivity contribution in [2.45, 2.75) is 25.9 Å². The molecule has 1 saturated heterocycles. The number of hydrogen-bond donors (Lipinski definition) is 2. The summed E-state index contributed by atoms with van der Waals surface area (Å²) in [4.78, 5) is 15.2. The zero-order chi connectivity index (χ0) is 18.4. The molecule has 2 N–H and O–H groups in total. The van der Waals surface area contributed by atoms with Crippen molar-refractivity contribution in [2.75, 3.05) is 32.1 Å². The summed E-state index contributed by atoms with van der Waals surface area (Å²) in [6.07, 6.45) is 2.82. The number of anilines is 1. The van der Waals surface area contributed by atoms with Gasteiger partial charge in [0, 0.05) is 32.4 Å². The maximum absolute atomic E-state index is 5.48. The second-order valence-corrected chi connectivity index (χ2v) is 6.27. The van der Waals surface area contributed by atoms with Crippen LogP contribution in [0.4, 0.5) is 5.69 Å². The molecule has 3 rings (SSSR count). The number of rotatable bonds is 5. The summed E-state index contributed by atoms with van der Waals surface area (Å²) in [6, 6.07) is 10.4. The number of benzene rings is 1. The molecule has 0 spiro atoms. The zero-order valence-corrected chi connectivity index (χ0v) is 15.6. The van der Waals surface area contributed by atoms with Gasteiger partial charge in [0.15, 0.2) is 5.96 Å². The van der Waals surface area contributed by atoms with Gasteiger partial charge in [-0.05, 0) is 31.5 Å². The fraction of sp³-hybridized carbons (Fsp3) is 0.421. The highest BCUT2D eigenvalue weighted by Crippen LogP contribution is 2.30. The molecule has 2 aromatic rings. The minimum absolute atomic E-state index is 0.332. The molecule has 26 heavy (non-hydrogen) atoms. The standard InChI is InChI=1S/C19H26N6O/c1-14-21-10-8-15(23-14)12-22-19(20-2)24-16-9-11-25(13-16)17-6-4-5-7-18(17)26-3/h4-8,10,16H,9,11-13H2,1-3H3,(H2,20,22,24). The largest absolute Gasteiger partial charge is 0.495 e. The molecule has 138 valence electrons. The number of aromatic nitrogens is 2. The van der Waals surface area contributed by atoms with Crippen LogP contribution in [0.3, 0.4) is 0 Å².